The van der Waals surface area contributed by atoms with E-state index in [0.29, 0.717) is 0 Å². The van der Waals surface area contributed by atoms with Crippen LogP contribution >= 0.6 is 11.8 Å². The molecule has 1 aromatic carbocycles. The summed E-state index contributed by atoms with van der Waals surface area (Å²) in [6, 6.07) is 8.77. The third-order valence-corrected chi connectivity index (χ3v) is 4.71. The lowest BCUT2D eigenvalue weighted by atomic mass is 9.76. The number of fused-ring (bicyclic) bond motifs is 1. The quantitative estimate of drug-likeness (QED) is 0.809. The maximum absolute atomic E-state index is 6.55. The van der Waals surface area contributed by atoms with Crippen LogP contribution in [-0.4, -0.2) is 17.0 Å². The highest BCUT2D eigenvalue weighted by Crippen LogP contribution is 2.30. The van der Waals surface area contributed by atoms with E-state index < -0.39 is 0 Å². The lowest BCUT2D eigenvalue weighted by Gasteiger charge is -2.35. The number of hydrogen-bond acceptors (Lipinski definition) is 2. The average Bonchev–Trinajstić information content (AvgIpc) is 2.35. The van der Waals surface area contributed by atoms with Gasteiger partial charge in [-0.3, -0.25) is 0 Å². The standard InChI is InChI=1S/C15H23NS/c1-2-17-11-5-9-15(16)10-8-13-6-3-4-7-14(13)12-15/h3-4,6-7H,2,5,8-12,16H2,1H3. The van der Waals surface area contributed by atoms with E-state index in [1.165, 1.54) is 35.5 Å². The van der Waals surface area contributed by atoms with Crippen LogP contribution in [-0.2, 0) is 12.8 Å². The molecule has 1 aromatic rings. The molecular weight excluding hydrogens is 226 g/mol. The molecule has 2 rings (SSSR count). The second-order valence-electron chi connectivity index (χ2n) is 5.11. The van der Waals surface area contributed by atoms with E-state index in [0.717, 1.165) is 19.3 Å². The number of hydrogen-bond donors (Lipinski definition) is 1. The van der Waals surface area contributed by atoms with Crippen molar-refractivity contribution in [3.8, 4) is 0 Å². The normalized spacial score (nSPS) is 23.4. The highest BCUT2D eigenvalue weighted by Gasteiger charge is 2.29. The van der Waals surface area contributed by atoms with Gasteiger partial charge in [-0.15, -0.1) is 0 Å². The van der Waals surface area contributed by atoms with Crippen LogP contribution in [0.5, 0.6) is 0 Å². The highest BCUT2D eigenvalue weighted by molar-refractivity contribution is 7.99. The monoisotopic (exact) mass is 249 g/mol. The number of rotatable bonds is 5. The molecule has 0 heterocycles. The van der Waals surface area contributed by atoms with Crippen LogP contribution in [0.25, 0.3) is 0 Å². The molecule has 2 heteroatoms. The van der Waals surface area contributed by atoms with Gasteiger partial charge >= 0.3 is 0 Å². The minimum atomic E-state index is 0.0582. The second kappa shape index (κ2) is 5.92. The third-order valence-electron chi connectivity index (χ3n) is 3.72. The molecule has 0 bridgehead atoms. The molecule has 0 amide bonds. The van der Waals surface area contributed by atoms with Crippen molar-refractivity contribution >= 4 is 11.8 Å². The van der Waals surface area contributed by atoms with Crippen LogP contribution in [0.3, 0.4) is 0 Å². The summed E-state index contributed by atoms with van der Waals surface area (Å²) < 4.78 is 0. The van der Waals surface area contributed by atoms with Gasteiger partial charge in [0.05, 0.1) is 0 Å². The van der Waals surface area contributed by atoms with Gasteiger partial charge in [0.1, 0.15) is 0 Å². The van der Waals surface area contributed by atoms with E-state index in [2.05, 4.69) is 31.2 Å². The zero-order valence-corrected chi connectivity index (χ0v) is 11.6. The Morgan fingerprint density at radius 2 is 2.06 bits per heavy atom. The van der Waals surface area contributed by atoms with Gasteiger partial charge in [0.25, 0.3) is 0 Å². The maximum Gasteiger partial charge on any atom is 0.0198 e. The van der Waals surface area contributed by atoms with Gasteiger partial charge < -0.3 is 5.73 Å². The van der Waals surface area contributed by atoms with Gasteiger partial charge in [-0.2, -0.15) is 11.8 Å². The van der Waals surface area contributed by atoms with E-state index in [-0.39, 0.29) is 5.54 Å². The Labute approximate surface area is 109 Å². The molecule has 0 saturated carbocycles. The van der Waals surface area contributed by atoms with Crippen LogP contribution in [0.4, 0.5) is 0 Å². The molecule has 0 spiro atoms. The molecule has 17 heavy (non-hydrogen) atoms. The fraction of sp³-hybridized carbons (Fsp3) is 0.600. The first-order valence-corrected chi connectivity index (χ1v) is 7.82. The summed E-state index contributed by atoms with van der Waals surface area (Å²) in [4.78, 5) is 0. The summed E-state index contributed by atoms with van der Waals surface area (Å²) in [6.45, 7) is 2.22. The van der Waals surface area contributed by atoms with E-state index in [1.54, 1.807) is 0 Å². The number of benzene rings is 1. The van der Waals surface area contributed by atoms with Gasteiger partial charge in [-0.25, -0.2) is 0 Å². The van der Waals surface area contributed by atoms with Gasteiger partial charge in [0.2, 0.25) is 0 Å². The van der Waals surface area contributed by atoms with Crippen LogP contribution in [0.15, 0.2) is 24.3 Å². The molecule has 1 atom stereocenters. The van der Waals surface area contributed by atoms with Crippen LogP contribution < -0.4 is 5.73 Å². The Morgan fingerprint density at radius 1 is 1.29 bits per heavy atom. The molecule has 2 N–H and O–H groups in total. The van der Waals surface area contributed by atoms with Crippen molar-refractivity contribution in [3.63, 3.8) is 0 Å². The lowest BCUT2D eigenvalue weighted by Crippen LogP contribution is -2.45. The van der Waals surface area contributed by atoms with Crippen molar-refractivity contribution < 1.29 is 0 Å². The summed E-state index contributed by atoms with van der Waals surface area (Å²) in [5.41, 5.74) is 9.59. The second-order valence-corrected chi connectivity index (χ2v) is 6.50. The smallest absolute Gasteiger partial charge is 0.0198 e. The van der Waals surface area contributed by atoms with Crippen molar-refractivity contribution in [3.05, 3.63) is 35.4 Å². The number of aryl methyl sites for hydroxylation is 1. The highest BCUT2D eigenvalue weighted by atomic mass is 32.2. The Kier molecular flexibility index (Phi) is 4.52. The molecule has 0 radical (unpaired) electrons. The molecule has 0 fully saturated rings. The SMILES string of the molecule is CCSCCCC1(N)CCc2ccccc2C1. The van der Waals surface area contributed by atoms with Gasteiger partial charge in [-0.05, 0) is 54.7 Å². The Balaban J connectivity index is 1.91. The molecule has 94 valence electrons. The molecular formula is C15H23NS. The predicted octanol–water partition coefficient (Wildman–Crippen LogP) is 3.41. The Bertz CT molecular complexity index is 364. The van der Waals surface area contributed by atoms with Crippen LogP contribution in [0, 0.1) is 0 Å². The zero-order chi connectivity index (χ0) is 12.1. The van der Waals surface area contributed by atoms with Crippen molar-refractivity contribution in [2.24, 2.45) is 5.73 Å². The molecule has 1 aliphatic rings. The largest absolute Gasteiger partial charge is 0.325 e. The van der Waals surface area contributed by atoms with Crippen molar-refractivity contribution in [1.82, 2.24) is 0 Å². The molecule has 0 saturated heterocycles. The fourth-order valence-corrected chi connectivity index (χ4v) is 3.35. The molecule has 1 nitrogen and oxygen atoms in total. The Morgan fingerprint density at radius 3 is 2.82 bits per heavy atom. The van der Waals surface area contributed by atoms with E-state index in [1.807, 2.05) is 11.8 Å². The summed E-state index contributed by atoms with van der Waals surface area (Å²) in [6.07, 6.45) is 5.82. The average molecular weight is 249 g/mol. The Hall–Kier alpha value is -0.470. The lowest BCUT2D eigenvalue weighted by molar-refractivity contribution is 0.344. The van der Waals surface area contributed by atoms with Gasteiger partial charge in [-0.1, -0.05) is 31.2 Å². The molecule has 0 aliphatic heterocycles. The van der Waals surface area contributed by atoms with Gasteiger partial charge in [0, 0.05) is 5.54 Å². The predicted molar refractivity (Wildman–Crippen MR) is 77.6 cm³/mol. The zero-order valence-electron chi connectivity index (χ0n) is 10.7. The summed E-state index contributed by atoms with van der Waals surface area (Å²) in [5, 5.41) is 0. The van der Waals surface area contributed by atoms with E-state index >= 15 is 0 Å². The van der Waals surface area contributed by atoms with Gasteiger partial charge in [0.15, 0.2) is 0 Å². The first kappa shape index (κ1) is 13.0. The number of nitrogens with two attached hydrogens (primary N) is 1. The van der Waals surface area contributed by atoms with Crippen LogP contribution in [0.2, 0.25) is 0 Å². The van der Waals surface area contributed by atoms with Crippen molar-refractivity contribution in [2.45, 2.75) is 44.6 Å². The topological polar surface area (TPSA) is 26.0 Å². The van der Waals surface area contributed by atoms with Crippen molar-refractivity contribution in [2.75, 3.05) is 11.5 Å². The van der Waals surface area contributed by atoms with Crippen molar-refractivity contribution in [1.29, 1.82) is 0 Å². The maximum atomic E-state index is 6.55. The summed E-state index contributed by atoms with van der Waals surface area (Å²) in [7, 11) is 0. The van der Waals surface area contributed by atoms with E-state index in [9.17, 15) is 0 Å². The third kappa shape index (κ3) is 3.49. The molecule has 1 aliphatic carbocycles. The first-order chi connectivity index (χ1) is 8.23. The first-order valence-electron chi connectivity index (χ1n) is 6.67. The number of thioether (sulfide) groups is 1. The minimum Gasteiger partial charge on any atom is -0.325 e. The van der Waals surface area contributed by atoms with E-state index in [4.69, 9.17) is 5.73 Å². The summed E-state index contributed by atoms with van der Waals surface area (Å²) in [5.74, 6) is 2.48. The van der Waals surface area contributed by atoms with Crippen LogP contribution in [0.1, 0.15) is 37.3 Å². The minimum absolute atomic E-state index is 0.0582. The molecule has 1 unspecified atom stereocenters. The fourth-order valence-electron chi connectivity index (χ4n) is 2.71. The molecule has 0 aromatic heterocycles. The summed E-state index contributed by atoms with van der Waals surface area (Å²) >= 11 is 2.03.